The summed E-state index contributed by atoms with van der Waals surface area (Å²) in [6.45, 7) is 4.49. The van der Waals surface area contributed by atoms with E-state index in [4.69, 9.17) is 27.9 Å². The number of ether oxygens (including phenoxy) is 1. The summed E-state index contributed by atoms with van der Waals surface area (Å²) in [6, 6.07) is 12.8. The molecule has 1 N–H and O–H groups in total. The standard InChI is InChI=1S/C20H17Cl2NO2S/c1-12-3-13(2)5-18(4-12)25-10-14-6-19(26-11-14)20(24)23-17-8-15(21)7-16(22)9-17/h3-9,11H,10H2,1-2H3,(H,23,24). The first kappa shape index (κ1) is 18.8. The lowest BCUT2D eigenvalue weighted by molar-refractivity contribution is 0.103. The SMILES string of the molecule is Cc1cc(C)cc(OCc2csc(C(=O)Nc3cc(Cl)cc(Cl)c3)c2)c1. The van der Waals surface area contributed by atoms with E-state index in [1.165, 1.54) is 11.3 Å². The Morgan fingerprint density at radius 1 is 1.00 bits per heavy atom. The van der Waals surface area contributed by atoms with E-state index in [9.17, 15) is 4.79 Å². The molecule has 0 aliphatic heterocycles. The molecule has 0 spiro atoms. The van der Waals surface area contributed by atoms with Crippen molar-refractivity contribution in [1.29, 1.82) is 0 Å². The van der Waals surface area contributed by atoms with Crippen molar-refractivity contribution in [1.82, 2.24) is 0 Å². The van der Waals surface area contributed by atoms with Crippen molar-refractivity contribution in [3.05, 3.63) is 79.5 Å². The molecule has 0 radical (unpaired) electrons. The van der Waals surface area contributed by atoms with Gasteiger partial charge < -0.3 is 10.1 Å². The van der Waals surface area contributed by atoms with Gasteiger partial charge in [-0.05, 0) is 66.8 Å². The van der Waals surface area contributed by atoms with Gasteiger partial charge in [-0.25, -0.2) is 0 Å². The summed E-state index contributed by atoms with van der Waals surface area (Å²) in [5.74, 6) is 0.624. The van der Waals surface area contributed by atoms with E-state index in [-0.39, 0.29) is 5.91 Å². The molecule has 1 aromatic heterocycles. The van der Waals surface area contributed by atoms with Crippen LogP contribution < -0.4 is 10.1 Å². The Morgan fingerprint density at radius 2 is 1.65 bits per heavy atom. The minimum atomic E-state index is -0.203. The number of thiophene rings is 1. The van der Waals surface area contributed by atoms with Crippen molar-refractivity contribution in [2.24, 2.45) is 0 Å². The summed E-state index contributed by atoms with van der Waals surface area (Å²) in [5.41, 5.74) is 3.83. The van der Waals surface area contributed by atoms with Crippen LogP contribution in [-0.4, -0.2) is 5.91 Å². The molecule has 0 unspecified atom stereocenters. The van der Waals surface area contributed by atoms with Crippen molar-refractivity contribution in [3.8, 4) is 5.75 Å². The summed E-state index contributed by atoms with van der Waals surface area (Å²) < 4.78 is 5.84. The molecule has 6 heteroatoms. The quantitative estimate of drug-likeness (QED) is 0.525. The number of carbonyl (C=O) groups is 1. The van der Waals surface area contributed by atoms with Crippen molar-refractivity contribution < 1.29 is 9.53 Å². The zero-order valence-electron chi connectivity index (χ0n) is 14.3. The molecule has 0 aliphatic rings. The molecule has 2 aromatic carbocycles. The highest BCUT2D eigenvalue weighted by molar-refractivity contribution is 7.12. The number of anilines is 1. The van der Waals surface area contributed by atoms with Gasteiger partial charge in [-0.3, -0.25) is 4.79 Å². The van der Waals surface area contributed by atoms with Gasteiger partial charge in [0.2, 0.25) is 0 Å². The maximum Gasteiger partial charge on any atom is 0.265 e. The molecule has 0 saturated heterocycles. The van der Waals surface area contributed by atoms with Crippen LogP contribution in [0.4, 0.5) is 5.69 Å². The topological polar surface area (TPSA) is 38.3 Å². The van der Waals surface area contributed by atoms with Gasteiger partial charge in [0.05, 0.1) is 4.88 Å². The summed E-state index contributed by atoms with van der Waals surface area (Å²) in [5, 5.41) is 5.67. The van der Waals surface area contributed by atoms with Crippen LogP contribution in [0.25, 0.3) is 0 Å². The smallest absolute Gasteiger partial charge is 0.265 e. The zero-order chi connectivity index (χ0) is 18.7. The van der Waals surface area contributed by atoms with Crippen molar-refractivity contribution in [3.63, 3.8) is 0 Å². The molecule has 1 amide bonds. The Hall–Kier alpha value is -2.01. The maximum absolute atomic E-state index is 12.4. The number of hydrogen-bond acceptors (Lipinski definition) is 3. The Bertz CT molecular complexity index is 912. The largest absolute Gasteiger partial charge is 0.489 e. The zero-order valence-corrected chi connectivity index (χ0v) is 16.6. The molecular weight excluding hydrogens is 389 g/mol. The fourth-order valence-electron chi connectivity index (χ4n) is 2.57. The second-order valence-corrected chi connectivity index (χ2v) is 7.83. The minimum absolute atomic E-state index is 0.203. The van der Waals surface area contributed by atoms with Gasteiger partial charge in [0.1, 0.15) is 12.4 Å². The molecule has 1 heterocycles. The fourth-order valence-corrected chi connectivity index (χ4v) is 3.89. The molecule has 0 atom stereocenters. The van der Waals surface area contributed by atoms with Crippen LogP contribution in [0, 0.1) is 13.8 Å². The van der Waals surface area contributed by atoms with Gasteiger partial charge >= 0.3 is 0 Å². The Morgan fingerprint density at radius 3 is 2.31 bits per heavy atom. The van der Waals surface area contributed by atoms with Gasteiger partial charge in [0.15, 0.2) is 0 Å². The first-order valence-electron chi connectivity index (χ1n) is 7.95. The number of benzene rings is 2. The fraction of sp³-hybridized carbons (Fsp3) is 0.150. The minimum Gasteiger partial charge on any atom is -0.489 e. The number of halogens is 2. The van der Waals surface area contributed by atoms with Crippen LogP contribution in [0.15, 0.2) is 47.8 Å². The first-order valence-corrected chi connectivity index (χ1v) is 9.58. The molecule has 3 nitrogen and oxygen atoms in total. The monoisotopic (exact) mass is 405 g/mol. The lowest BCUT2D eigenvalue weighted by Gasteiger charge is -2.07. The summed E-state index contributed by atoms with van der Waals surface area (Å²) in [4.78, 5) is 13.0. The predicted molar refractivity (Wildman–Crippen MR) is 109 cm³/mol. The second-order valence-electron chi connectivity index (χ2n) is 6.04. The van der Waals surface area contributed by atoms with Crippen molar-refractivity contribution in [2.45, 2.75) is 20.5 Å². The normalized spacial score (nSPS) is 10.6. The number of amides is 1. The van der Waals surface area contributed by atoms with Crippen LogP contribution in [0.2, 0.25) is 10.0 Å². The number of rotatable bonds is 5. The first-order chi connectivity index (χ1) is 12.4. The van der Waals surface area contributed by atoms with Crippen molar-refractivity contribution in [2.75, 3.05) is 5.32 Å². The highest BCUT2D eigenvalue weighted by atomic mass is 35.5. The molecule has 134 valence electrons. The Kier molecular flexibility index (Phi) is 5.87. The summed E-state index contributed by atoms with van der Waals surface area (Å²) in [6.07, 6.45) is 0. The molecular formula is C20H17Cl2NO2S. The van der Waals surface area contributed by atoms with E-state index < -0.39 is 0 Å². The van der Waals surface area contributed by atoms with E-state index in [0.717, 1.165) is 22.4 Å². The van der Waals surface area contributed by atoms with Gasteiger partial charge in [-0.2, -0.15) is 0 Å². The average Bonchev–Trinajstić information content (AvgIpc) is 3.00. The van der Waals surface area contributed by atoms with Crippen molar-refractivity contribution >= 4 is 46.1 Å². The average molecular weight is 406 g/mol. The van der Waals surface area contributed by atoms with E-state index in [1.54, 1.807) is 18.2 Å². The van der Waals surface area contributed by atoms with Crippen LogP contribution in [0.5, 0.6) is 5.75 Å². The molecule has 0 bridgehead atoms. The number of aryl methyl sites for hydroxylation is 2. The molecule has 26 heavy (non-hydrogen) atoms. The van der Waals surface area contributed by atoms with E-state index in [2.05, 4.69) is 11.4 Å². The predicted octanol–water partition coefficient (Wildman–Crippen LogP) is 6.50. The van der Waals surface area contributed by atoms with Gasteiger partial charge in [-0.1, -0.05) is 29.3 Å². The van der Waals surface area contributed by atoms with Gasteiger partial charge in [0, 0.05) is 21.3 Å². The second kappa shape index (κ2) is 8.12. The van der Waals surface area contributed by atoms with E-state index >= 15 is 0 Å². The number of carbonyl (C=O) groups excluding carboxylic acids is 1. The highest BCUT2D eigenvalue weighted by Crippen LogP contribution is 2.24. The van der Waals surface area contributed by atoms with Crippen LogP contribution in [0.1, 0.15) is 26.4 Å². The molecule has 3 aromatic rings. The Balaban J connectivity index is 1.64. The third-order valence-corrected chi connectivity index (χ3v) is 5.01. The maximum atomic E-state index is 12.4. The third-order valence-electron chi connectivity index (χ3n) is 3.60. The number of hydrogen-bond donors (Lipinski definition) is 1. The summed E-state index contributed by atoms with van der Waals surface area (Å²) >= 11 is 13.3. The van der Waals surface area contributed by atoms with Gasteiger partial charge in [0.25, 0.3) is 5.91 Å². The van der Waals surface area contributed by atoms with Crippen LogP contribution in [-0.2, 0) is 6.61 Å². The highest BCUT2D eigenvalue weighted by Gasteiger charge is 2.11. The molecule has 0 saturated carbocycles. The molecule has 0 fully saturated rings. The molecule has 0 aliphatic carbocycles. The lowest BCUT2D eigenvalue weighted by atomic mass is 10.1. The van der Waals surface area contributed by atoms with E-state index in [1.807, 2.05) is 37.4 Å². The Labute approximate surface area is 166 Å². The van der Waals surface area contributed by atoms with Gasteiger partial charge in [-0.15, -0.1) is 11.3 Å². The number of nitrogens with one attached hydrogen (secondary N) is 1. The summed E-state index contributed by atoms with van der Waals surface area (Å²) in [7, 11) is 0. The van der Waals surface area contributed by atoms with Crippen LogP contribution >= 0.6 is 34.5 Å². The van der Waals surface area contributed by atoms with E-state index in [0.29, 0.717) is 27.2 Å². The lowest BCUT2D eigenvalue weighted by Crippen LogP contribution is -2.10. The molecule has 3 rings (SSSR count). The van der Waals surface area contributed by atoms with Crippen LogP contribution in [0.3, 0.4) is 0 Å². The third kappa shape index (κ3) is 5.01.